The Kier molecular flexibility index (Phi) is 5.61. The number of fused-ring (bicyclic) bond motifs is 1. The molecule has 0 atom stereocenters. The van der Waals surface area contributed by atoms with E-state index < -0.39 is 10.9 Å². The molecule has 0 N–H and O–H groups in total. The summed E-state index contributed by atoms with van der Waals surface area (Å²) < 4.78 is 12.3. The van der Waals surface area contributed by atoms with Gasteiger partial charge in [0.1, 0.15) is 17.4 Å². The summed E-state index contributed by atoms with van der Waals surface area (Å²) in [4.78, 5) is 23.9. The minimum atomic E-state index is -0.779. The first-order valence-corrected chi connectivity index (χ1v) is 10.4. The van der Waals surface area contributed by atoms with Gasteiger partial charge in [-0.05, 0) is 35.4 Å². The maximum Gasteiger partial charge on any atom is 0.396 e. The van der Waals surface area contributed by atoms with Gasteiger partial charge in [0.15, 0.2) is 5.58 Å². The van der Waals surface area contributed by atoms with Crippen LogP contribution in [0.25, 0.3) is 27.5 Å². The number of hydrogen-bond acceptors (Lipinski definition) is 6. The highest BCUT2D eigenvalue weighted by atomic mass is 79.9. The molecule has 1 heterocycles. The Balaban J connectivity index is 1.73. The van der Waals surface area contributed by atoms with Crippen molar-refractivity contribution < 1.29 is 13.9 Å². The first-order valence-electron chi connectivity index (χ1n) is 8.76. The SMILES string of the molecule is N#C/C(=C/c1ccccc1)C(=O)Oc1cc(-c2ccc(Br)cc2)c2oc(=O)sc2c1. The fourth-order valence-corrected chi connectivity index (χ4v) is 3.86. The number of nitriles is 1. The number of benzene rings is 3. The second kappa shape index (κ2) is 8.49. The van der Waals surface area contributed by atoms with E-state index in [1.54, 1.807) is 24.3 Å². The lowest BCUT2D eigenvalue weighted by atomic mass is 10.0. The van der Waals surface area contributed by atoms with Crippen LogP contribution < -0.4 is 9.68 Å². The van der Waals surface area contributed by atoms with Gasteiger partial charge in [-0.25, -0.2) is 9.59 Å². The van der Waals surface area contributed by atoms with Gasteiger partial charge in [-0.2, -0.15) is 5.26 Å². The van der Waals surface area contributed by atoms with Gasteiger partial charge in [0, 0.05) is 16.1 Å². The van der Waals surface area contributed by atoms with E-state index in [0.29, 0.717) is 21.4 Å². The summed E-state index contributed by atoms with van der Waals surface area (Å²) in [7, 11) is 0. The Labute approximate surface area is 183 Å². The van der Waals surface area contributed by atoms with Crippen molar-refractivity contribution in [1.29, 1.82) is 5.26 Å². The molecule has 0 amide bonds. The standard InChI is InChI=1S/C23H12BrNO4S/c24-17-8-6-15(7-9-17)19-11-18(12-20-21(19)29-23(27)30-20)28-22(26)16(13-25)10-14-4-2-1-3-5-14/h1-12H/b16-10-. The molecule has 7 heteroatoms. The fourth-order valence-electron chi connectivity index (χ4n) is 2.87. The molecule has 0 fully saturated rings. The third kappa shape index (κ3) is 4.25. The van der Waals surface area contributed by atoms with Crippen LogP contribution in [-0.2, 0) is 4.79 Å². The summed E-state index contributed by atoms with van der Waals surface area (Å²) in [5, 5.41) is 9.39. The van der Waals surface area contributed by atoms with Gasteiger partial charge in [0.05, 0.1) is 4.70 Å². The first-order chi connectivity index (χ1) is 14.5. The Bertz CT molecular complexity index is 1360. The van der Waals surface area contributed by atoms with E-state index in [9.17, 15) is 14.9 Å². The number of carbonyl (C=O) groups excluding carboxylic acids is 1. The molecule has 30 heavy (non-hydrogen) atoms. The van der Waals surface area contributed by atoms with Crippen LogP contribution in [-0.4, -0.2) is 5.97 Å². The number of halogens is 1. The van der Waals surface area contributed by atoms with E-state index in [1.807, 2.05) is 48.5 Å². The topological polar surface area (TPSA) is 80.3 Å². The lowest BCUT2D eigenvalue weighted by molar-refractivity contribution is -0.129. The Hall–Kier alpha value is -3.47. The highest BCUT2D eigenvalue weighted by Crippen LogP contribution is 2.35. The molecular formula is C23H12BrNO4S. The van der Waals surface area contributed by atoms with Crippen LogP contribution in [0.3, 0.4) is 0 Å². The van der Waals surface area contributed by atoms with Crippen molar-refractivity contribution in [2.45, 2.75) is 0 Å². The Morgan fingerprint density at radius 1 is 1.10 bits per heavy atom. The molecule has 4 aromatic rings. The molecule has 3 aromatic carbocycles. The number of nitrogens with zero attached hydrogens (tertiary/aromatic N) is 1. The van der Waals surface area contributed by atoms with E-state index in [-0.39, 0.29) is 11.3 Å². The van der Waals surface area contributed by atoms with Crippen LogP contribution in [0.4, 0.5) is 0 Å². The van der Waals surface area contributed by atoms with E-state index in [4.69, 9.17) is 9.15 Å². The predicted octanol–water partition coefficient (Wildman–Crippen LogP) is 5.80. The summed E-state index contributed by atoms with van der Waals surface area (Å²) in [6.45, 7) is 0. The van der Waals surface area contributed by atoms with Crippen LogP contribution in [0.15, 0.2) is 86.0 Å². The minimum absolute atomic E-state index is 0.133. The van der Waals surface area contributed by atoms with Crippen molar-refractivity contribution in [2.75, 3.05) is 0 Å². The third-order valence-corrected chi connectivity index (χ3v) is 5.53. The van der Waals surface area contributed by atoms with Crippen LogP contribution in [0.1, 0.15) is 5.56 Å². The predicted molar refractivity (Wildman–Crippen MR) is 119 cm³/mol. The lowest BCUT2D eigenvalue weighted by Crippen LogP contribution is -2.10. The molecule has 0 unspecified atom stereocenters. The number of carbonyl (C=O) groups is 1. The molecule has 4 rings (SSSR count). The van der Waals surface area contributed by atoms with Crippen LogP contribution in [0.2, 0.25) is 0 Å². The quantitative estimate of drug-likeness (QED) is 0.160. The smallest absolute Gasteiger partial charge is 0.396 e. The maximum atomic E-state index is 12.6. The van der Waals surface area contributed by atoms with Gasteiger partial charge in [-0.1, -0.05) is 69.7 Å². The van der Waals surface area contributed by atoms with Gasteiger partial charge in [-0.3, -0.25) is 0 Å². The Morgan fingerprint density at radius 2 is 1.83 bits per heavy atom. The van der Waals surface area contributed by atoms with Gasteiger partial charge in [0.2, 0.25) is 0 Å². The second-order valence-corrected chi connectivity index (χ2v) is 8.12. The zero-order valence-corrected chi connectivity index (χ0v) is 17.7. The molecule has 0 saturated carbocycles. The molecule has 0 saturated heterocycles. The Morgan fingerprint density at radius 3 is 2.53 bits per heavy atom. The minimum Gasteiger partial charge on any atom is -0.422 e. The zero-order valence-electron chi connectivity index (χ0n) is 15.3. The van der Waals surface area contributed by atoms with E-state index >= 15 is 0 Å². The molecule has 146 valence electrons. The second-order valence-electron chi connectivity index (χ2n) is 6.23. The molecule has 0 radical (unpaired) electrons. The largest absolute Gasteiger partial charge is 0.422 e. The van der Waals surface area contributed by atoms with Gasteiger partial charge < -0.3 is 9.15 Å². The van der Waals surface area contributed by atoms with E-state index in [0.717, 1.165) is 21.4 Å². The number of rotatable bonds is 4. The van der Waals surface area contributed by atoms with Crippen LogP contribution >= 0.6 is 27.3 Å². The van der Waals surface area contributed by atoms with E-state index in [2.05, 4.69) is 15.9 Å². The van der Waals surface area contributed by atoms with Crippen molar-refractivity contribution >= 4 is 49.6 Å². The van der Waals surface area contributed by atoms with Gasteiger partial charge in [-0.15, -0.1) is 0 Å². The van der Waals surface area contributed by atoms with Crippen LogP contribution in [0.5, 0.6) is 5.75 Å². The normalized spacial score (nSPS) is 11.3. The molecule has 0 spiro atoms. The summed E-state index contributed by atoms with van der Waals surface area (Å²) in [6, 6.07) is 21.5. The van der Waals surface area contributed by atoms with Crippen molar-refractivity contribution in [3.05, 3.63) is 92.1 Å². The molecule has 0 bridgehead atoms. The fraction of sp³-hybridized carbons (Fsp3) is 0. The molecular weight excluding hydrogens is 466 g/mol. The average molecular weight is 478 g/mol. The highest BCUT2D eigenvalue weighted by molar-refractivity contribution is 9.10. The summed E-state index contributed by atoms with van der Waals surface area (Å²) >= 11 is 4.31. The summed E-state index contributed by atoms with van der Waals surface area (Å²) in [5.41, 5.74) is 2.42. The van der Waals surface area contributed by atoms with Gasteiger partial charge >= 0.3 is 10.9 Å². The van der Waals surface area contributed by atoms with Crippen molar-refractivity contribution in [3.63, 3.8) is 0 Å². The summed E-state index contributed by atoms with van der Waals surface area (Å²) in [5.74, 6) is -0.560. The molecule has 0 aliphatic carbocycles. The monoisotopic (exact) mass is 477 g/mol. The first kappa shape index (κ1) is 19.8. The molecule has 5 nitrogen and oxygen atoms in total. The highest BCUT2D eigenvalue weighted by Gasteiger charge is 2.17. The maximum absolute atomic E-state index is 12.6. The molecule has 1 aromatic heterocycles. The number of hydrogen-bond donors (Lipinski definition) is 0. The van der Waals surface area contributed by atoms with Gasteiger partial charge in [0.25, 0.3) is 0 Å². The third-order valence-electron chi connectivity index (χ3n) is 4.22. The molecule has 0 aliphatic rings. The molecule has 0 aliphatic heterocycles. The van der Waals surface area contributed by atoms with E-state index in [1.165, 1.54) is 6.08 Å². The zero-order chi connectivity index (χ0) is 21.1. The van der Waals surface area contributed by atoms with Crippen LogP contribution in [0, 0.1) is 11.3 Å². The lowest BCUT2D eigenvalue weighted by Gasteiger charge is -2.08. The average Bonchev–Trinajstić information content (AvgIpc) is 3.12. The number of esters is 1. The van der Waals surface area contributed by atoms with Crippen molar-refractivity contribution in [1.82, 2.24) is 0 Å². The van der Waals surface area contributed by atoms with Crippen molar-refractivity contribution in [2.24, 2.45) is 0 Å². The number of ether oxygens (including phenoxy) is 1. The summed E-state index contributed by atoms with van der Waals surface area (Å²) in [6.07, 6.45) is 1.47. The van der Waals surface area contributed by atoms with Crippen molar-refractivity contribution in [3.8, 4) is 22.9 Å².